The molecule has 0 saturated carbocycles. The van der Waals surface area contributed by atoms with Gasteiger partial charge in [-0.25, -0.2) is 9.78 Å². The topological polar surface area (TPSA) is 97.1 Å². The molecular weight excluding hydrogens is 286 g/mol. The van der Waals surface area contributed by atoms with Gasteiger partial charge < -0.3 is 15.0 Å². The molecule has 0 aliphatic heterocycles. The normalized spacial score (nSPS) is 13.0. The lowest BCUT2D eigenvalue weighted by Gasteiger charge is -2.16. The van der Waals surface area contributed by atoms with Crippen LogP contribution in [0.5, 0.6) is 0 Å². The van der Waals surface area contributed by atoms with Crippen LogP contribution >= 0.6 is 0 Å². The first-order valence-electron chi connectivity index (χ1n) is 7.37. The van der Waals surface area contributed by atoms with E-state index in [4.69, 9.17) is 10.5 Å². The molecule has 1 atom stereocenters. The molecule has 0 aliphatic rings. The van der Waals surface area contributed by atoms with Crippen molar-refractivity contribution in [2.45, 2.75) is 39.5 Å². The van der Waals surface area contributed by atoms with E-state index in [1.165, 1.54) is 4.57 Å². The molecule has 0 aliphatic carbocycles. The molecule has 122 valence electrons. The van der Waals surface area contributed by atoms with Gasteiger partial charge in [0.25, 0.3) is 5.56 Å². The second-order valence-corrected chi connectivity index (χ2v) is 5.35. The van der Waals surface area contributed by atoms with Crippen molar-refractivity contribution in [2.75, 3.05) is 13.7 Å². The zero-order valence-corrected chi connectivity index (χ0v) is 13.5. The number of aryl methyl sites for hydroxylation is 1. The van der Waals surface area contributed by atoms with Gasteiger partial charge in [0.2, 0.25) is 0 Å². The lowest BCUT2D eigenvalue weighted by Crippen LogP contribution is -2.42. The second kappa shape index (κ2) is 6.45. The lowest BCUT2D eigenvalue weighted by atomic mass is 10.2. The van der Waals surface area contributed by atoms with Crippen molar-refractivity contribution in [1.29, 1.82) is 0 Å². The molecule has 0 aromatic carbocycles. The predicted octanol–water partition coefficient (Wildman–Crippen LogP) is -0.0272. The van der Waals surface area contributed by atoms with E-state index in [0.717, 1.165) is 6.42 Å². The van der Waals surface area contributed by atoms with Crippen LogP contribution in [0, 0.1) is 0 Å². The van der Waals surface area contributed by atoms with E-state index in [1.807, 2.05) is 13.8 Å². The maximum absolute atomic E-state index is 12.7. The van der Waals surface area contributed by atoms with Crippen LogP contribution in [0.15, 0.2) is 9.59 Å². The number of aromatic nitrogens is 4. The summed E-state index contributed by atoms with van der Waals surface area (Å²) in [5.41, 5.74) is 5.63. The van der Waals surface area contributed by atoms with Crippen LogP contribution in [0.4, 0.5) is 0 Å². The first kappa shape index (κ1) is 16.4. The molecule has 8 heteroatoms. The third-order valence-corrected chi connectivity index (χ3v) is 3.94. The van der Waals surface area contributed by atoms with Gasteiger partial charge in [-0.05, 0) is 13.3 Å². The summed E-state index contributed by atoms with van der Waals surface area (Å²) in [4.78, 5) is 29.7. The number of methoxy groups -OCH3 is 1. The standard InChI is InChI=1S/C14H23N5O3/c1-5-9(2)19-12-11(17(3)10(16-12)8-22-4)13(20)18(7-6-15)14(19)21/h9H,5-8,15H2,1-4H3. The van der Waals surface area contributed by atoms with Gasteiger partial charge in [-0.15, -0.1) is 0 Å². The van der Waals surface area contributed by atoms with Crippen molar-refractivity contribution in [1.82, 2.24) is 18.7 Å². The molecule has 0 radical (unpaired) electrons. The number of hydrogen-bond acceptors (Lipinski definition) is 5. The van der Waals surface area contributed by atoms with Gasteiger partial charge in [0.1, 0.15) is 12.4 Å². The van der Waals surface area contributed by atoms with E-state index in [9.17, 15) is 9.59 Å². The van der Waals surface area contributed by atoms with Crippen LogP contribution < -0.4 is 17.0 Å². The summed E-state index contributed by atoms with van der Waals surface area (Å²) in [6.07, 6.45) is 0.756. The highest BCUT2D eigenvalue weighted by Crippen LogP contribution is 2.16. The molecular formula is C14H23N5O3. The summed E-state index contributed by atoms with van der Waals surface area (Å²) >= 11 is 0. The Balaban J connectivity index is 2.93. The second-order valence-electron chi connectivity index (χ2n) is 5.35. The van der Waals surface area contributed by atoms with Crippen molar-refractivity contribution in [2.24, 2.45) is 12.8 Å². The minimum absolute atomic E-state index is 0.0649. The fourth-order valence-corrected chi connectivity index (χ4v) is 2.54. The minimum Gasteiger partial charge on any atom is -0.377 e. The fraction of sp³-hybridized carbons (Fsp3) is 0.643. The van der Waals surface area contributed by atoms with Crippen LogP contribution in [-0.4, -0.2) is 32.3 Å². The first-order chi connectivity index (χ1) is 10.5. The average Bonchev–Trinajstić information content (AvgIpc) is 2.80. The summed E-state index contributed by atoms with van der Waals surface area (Å²) in [6.45, 7) is 4.61. The summed E-state index contributed by atoms with van der Waals surface area (Å²) in [6, 6.07) is -0.0649. The third kappa shape index (κ3) is 2.48. The monoisotopic (exact) mass is 309 g/mol. The predicted molar refractivity (Wildman–Crippen MR) is 84.0 cm³/mol. The molecule has 2 heterocycles. The number of nitrogens with two attached hydrogens (primary N) is 1. The Morgan fingerprint density at radius 1 is 1.36 bits per heavy atom. The zero-order valence-electron chi connectivity index (χ0n) is 13.5. The van der Waals surface area contributed by atoms with E-state index in [-0.39, 0.29) is 37.0 Å². The molecule has 0 spiro atoms. The van der Waals surface area contributed by atoms with E-state index >= 15 is 0 Å². The van der Waals surface area contributed by atoms with E-state index < -0.39 is 0 Å². The summed E-state index contributed by atoms with van der Waals surface area (Å²) in [5, 5.41) is 0. The van der Waals surface area contributed by atoms with Gasteiger partial charge in [-0.3, -0.25) is 13.9 Å². The van der Waals surface area contributed by atoms with E-state index in [1.54, 1.807) is 23.3 Å². The highest BCUT2D eigenvalue weighted by Gasteiger charge is 2.21. The van der Waals surface area contributed by atoms with Gasteiger partial charge in [0, 0.05) is 33.3 Å². The van der Waals surface area contributed by atoms with Gasteiger partial charge in [0.05, 0.1) is 0 Å². The molecule has 22 heavy (non-hydrogen) atoms. The maximum Gasteiger partial charge on any atom is 0.333 e. The Morgan fingerprint density at radius 3 is 2.59 bits per heavy atom. The smallest absolute Gasteiger partial charge is 0.333 e. The molecule has 0 saturated heterocycles. The molecule has 0 amide bonds. The molecule has 2 aromatic heterocycles. The number of fused-ring (bicyclic) bond motifs is 1. The molecule has 0 bridgehead atoms. The Bertz CT molecular complexity index is 786. The number of imidazole rings is 1. The van der Waals surface area contributed by atoms with Gasteiger partial charge >= 0.3 is 5.69 Å². The van der Waals surface area contributed by atoms with Crippen LogP contribution in [0.1, 0.15) is 32.1 Å². The molecule has 0 fully saturated rings. The quantitative estimate of drug-likeness (QED) is 0.808. The van der Waals surface area contributed by atoms with E-state index in [0.29, 0.717) is 17.0 Å². The van der Waals surface area contributed by atoms with Crippen molar-refractivity contribution in [3.8, 4) is 0 Å². The average molecular weight is 309 g/mol. The summed E-state index contributed by atoms with van der Waals surface area (Å²) in [7, 11) is 3.32. The zero-order chi connectivity index (χ0) is 16.4. The fourth-order valence-electron chi connectivity index (χ4n) is 2.54. The molecule has 2 N–H and O–H groups in total. The van der Waals surface area contributed by atoms with Crippen molar-refractivity contribution >= 4 is 11.2 Å². The SMILES string of the molecule is CCC(C)n1c(=O)n(CCN)c(=O)c2c1nc(COC)n2C. The Kier molecular flexibility index (Phi) is 4.82. The highest BCUT2D eigenvalue weighted by atomic mass is 16.5. The van der Waals surface area contributed by atoms with Gasteiger partial charge in [0.15, 0.2) is 11.2 Å². The van der Waals surface area contributed by atoms with Gasteiger partial charge in [-0.1, -0.05) is 6.92 Å². The maximum atomic E-state index is 12.7. The van der Waals surface area contributed by atoms with Crippen LogP contribution in [-0.2, 0) is 24.9 Å². The van der Waals surface area contributed by atoms with Crippen molar-refractivity contribution < 1.29 is 4.74 Å². The number of nitrogens with zero attached hydrogens (tertiary/aromatic N) is 4. The third-order valence-electron chi connectivity index (χ3n) is 3.94. The van der Waals surface area contributed by atoms with Gasteiger partial charge in [-0.2, -0.15) is 0 Å². The number of ether oxygens (including phenoxy) is 1. The van der Waals surface area contributed by atoms with Crippen LogP contribution in [0.3, 0.4) is 0 Å². The Morgan fingerprint density at radius 2 is 2.05 bits per heavy atom. The summed E-state index contributed by atoms with van der Waals surface area (Å²) in [5.74, 6) is 0.608. The molecule has 8 nitrogen and oxygen atoms in total. The van der Waals surface area contributed by atoms with Crippen LogP contribution in [0.25, 0.3) is 11.2 Å². The number of hydrogen-bond donors (Lipinski definition) is 1. The van der Waals surface area contributed by atoms with Crippen molar-refractivity contribution in [3.05, 3.63) is 26.7 Å². The summed E-state index contributed by atoms with van der Waals surface area (Å²) < 4.78 is 9.56. The molecule has 2 aromatic rings. The highest BCUT2D eigenvalue weighted by molar-refractivity contribution is 5.71. The Hall–Kier alpha value is -1.93. The van der Waals surface area contributed by atoms with E-state index in [2.05, 4.69) is 4.98 Å². The van der Waals surface area contributed by atoms with Crippen LogP contribution in [0.2, 0.25) is 0 Å². The number of rotatable bonds is 6. The molecule has 2 rings (SSSR count). The van der Waals surface area contributed by atoms with Crippen molar-refractivity contribution in [3.63, 3.8) is 0 Å². The molecule has 1 unspecified atom stereocenters. The minimum atomic E-state index is -0.362. The lowest BCUT2D eigenvalue weighted by molar-refractivity contribution is 0.175. The largest absolute Gasteiger partial charge is 0.377 e. The first-order valence-corrected chi connectivity index (χ1v) is 7.37. The Labute approximate surface area is 128 Å².